The number of aromatic nitrogens is 4. The number of nitrogens with two attached hydrogens (primary N) is 1. The van der Waals surface area contributed by atoms with Crippen molar-refractivity contribution in [1.82, 2.24) is 19.7 Å². The summed E-state index contributed by atoms with van der Waals surface area (Å²) in [6, 6.07) is 0.0751. The Balaban J connectivity index is 2.17. The molecule has 1 unspecified atom stereocenters. The second kappa shape index (κ2) is 4.67. The van der Waals surface area contributed by atoms with Crippen LogP contribution in [0.5, 0.6) is 0 Å². The van der Waals surface area contributed by atoms with Crippen molar-refractivity contribution >= 4 is 11.5 Å². The van der Waals surface area contributed by atoms with Crippen molar-refractivity contribution in [1.29, 1.82) is 0 Å². The van der Waals surface area contributed by atoms with E-state index in [1.165, 1.54) is 11.5 Å². The molecular weight excluding hydrogens is 226 g/mol. The lowest BCUT2D eigenvalue weighted by Crippen LogP contribution is -2.21. The third-order valence-corrected chi connectivity index (χ3v) is 3.10. The largest absolute Gasteiger partial charge is 0.333 e. The van der Waals surface area contributed by atoms with Gasteiger partial charge in [0.1, 0.15) is 4.88 Å². The lowest BCUT2D eigenvalue weighted by atomic mass is 10.2. The van der Waals surface area contributed by atoms with Gasteiger partial charge in [0.2, 0.25) is 0 Å². The molecule has 2 aromatic rings. The summed E-state index contributed by atoms with van der Waals surface area (Å²) in [4.78, 5) is 5.10. The first-order chi connectivity index (χ1) is 7.70. The highest BCUT2D eigenvalue weighted by molar-refractivity contribution is 7.09. The van der Waals surface area contributed by atoms with Gasteiger partial charge in [-0.05, 0) is 24.9 Å². The molecule has 0 aliphatic rings. The predicted molar refractivity (Wildman–Crippen MR) is 59.9 cm³/mol. The van der Waals surface area contributed by atoms with Crippen molar-refractivity contribution in [3.05, 3.63) is 11.5 Å². The van der Waals surface area contributed by atoms with Gasteiger partial charge in [0, 0.05) is 12.5 Å². The number of nitrogens with zero attached hydrogens (tertiary/aromatic N) is 4. The zero-order valence-corrected chi connectivity index (χ0v) is 9.99. The van der Waals surface area contributed by atoms with Gasteiger partial charge in [-0.3, -0.25) is 0 Å². The van der Waals surface area contributed by atoms with Crippen molar-refractivity contribution in [3.8, 4) is 10.8 Å². The van der Waals surface area contributed by atoms with E-state index in [9.17, 15) is 0 Å². The van der Waals surface area contributed by atoms with Gasteiger partial charge in [-0.15, -0.1) is 5.10 Å². The van der Waals surface area contributed by atoms with Gasteiger partial charge in [-0.2, -0.15) is 4.98 Å². The number of hydrogen-bond donors (Lipinski definition) is 1. The average Bonchev–Trinajstić information content (AvgIpc) is 2.86. The lowest BCUT2D eigenvalue weighted by molar-refractivity contribution is 0.419. The summed E-state index contributed by atoms with van der Waals surface area (Å²) in [5, 5.41) is 7.78. The quantitative estimate of drug-likeness (QED) is 0.861. The third-order valence-electron chi connectivity index (χ3n) is 2.28. The molecule has 0 fully saturated rings. The van der Waals surface area contributed by atoms with Gasteiger partial charge < -0.3 is 10.3 Å². The molecule has 1 atom stereocenters. The molecule has 86 valence electrons. The van der Waals surface area contributed by atoms with Gasteiger partial charge in [0.15, 0.2) is 5.82 Å². The molecule has 7 heteroatoms. The first-order valence-electron chi connectivity index (χ1n) is 5.08. The summed E-state index contributed by atoms with van der Waals surface area (Å²) >= 11 is 1.25. The van der Waals surface area contributed by atoms with Crippen molar-refractivity contribution < 1.29 is 4.52 Å². The van der Waals surface area contributed by atoms with E-state index in [1.807, 2.05) is 13.8 Å². The fourth-order valence-electron chi connectivity index (χ4n) is 1.24. The Kier molecular flexibility index (Phi) is 3.25. The number of aryl methyl sites for hydroxylation is 1. The SMILES string of the molecule is CCC(N)Cc1noc(-c2snnc2C)n1. The van der Waals surface area contributed by atoms with Crippen LogP contribution in [0.1, 0.15) is 24.9 Å². The average molecular weight is 239 g/mol. The second-order valence-corrected chi connectivity index (χ2v) is 4.33. The first kappa shape index (κ1) is 11.2. The summed E-state index contributed by atoms with van der Waals surface area (Å²) in [5.74, 6) is 1.11. The smallest absolute Gasteiger partial charge is 0.271 e. The van der Waals surface area contributed by atoms with Crippen molar-refractivity contribution in [2.24, 2.45) is 5.73 Å². The highest BCUT2D eigenvalue weighted by atomic mass is 32.1. The van der Waals surface area contributed by atoms with Crippen LogP contribution in [0.3, 0.4) is 0 Å². The zero-order valence-electron chi connectivity index (χ0n) is 9.17. The van der Waals surface area contributed by atoms with E-state index in [0.29, 0.717) is 18.1 Å². The van der Waals surface area contributed by atoms with E-state index in [4.69, 9.17) is 10.3 Å². The predicted octanol–water partition coefficient (Wildman–Crippen LogP) is 1.18. The molecule has 16 heavy (non-hydrogen) atoms. The summed E-state index contributed by atoms with van der Waals surface area (Å²) in [6.07, 6.45) is 1.52. The first-order valence-corrected chi connectivity index (χ1v) is 5.85. The van der Waals surface area contributed by atoms with E-state index in [0.717, 1.165) is 17.0 Å². The molecule has 0 aliphatic heterocycles. The van der Waals surface area contributed by atoms with E-state index >= 15 is 0 Å². The van der Waals surface area contributed by atoms with E-state index < -0.39 is 0 Å². The molecule has 0 radical (unpaired) electrons. The van der Waals surface area contributed by atoms with Crippen LogP contribution >= 0.6 is 11.5 Å². The fourth-order valence-corrected chi connectivity index (χ4v) is 1.81. The topological polar surface area (TPSA) is 90.7 Å². The van der Waals surface area contributed by atoms with E-state index in [1.54, 1.807) is 0 Å². The van der Waals surface area contributed by atoms with E-state index in [-0.39, 0.29) is 6.04 Å². The molecule has 0 aliphatic carbocycles. The standard InChI is InChI=1S/C9H13N5OS/c1-3-6(10)4-7-11-9(15-13-7)8-5(2)12-14-16-8/h6H,3-4,10H2,1-2H3. The summed E-state index contributed by atoms with van der Waals surface area (Å²) in [7, 11) is 0. The van der Waals surface area contributed by atoms with Crippen LogP contribution in [0.15, 0.2) is 4.52 Å². The summed E-state index contributed by atoms with van der Waals surface area (Å²) in [5.41, 5.74) is 6.62. The van der Waals surface area contributed by atoms with Gasteiger partial charge in [0.05, 0.1) is 5.69 Å². The maximum atomic E-state index is 5.82. The normalized spacial score (nSPS) is 12.9. The van der Waals surface area contributed by atoms with Crippen LogP contribution in [0.4, 0.5) is 0 Å². The van der Waals surface area contributed by atoms with Crippen LogP contribution < -0.4 is 5.73 Å². The van der Waals surface area contributed by atoms with Crippen LogP contribution in [0.2, 0.25) is 0 Å². The highest BCUT2D eigenvalue weighted by Gasteiger charge is 2.15. The maximum Gasteiger partial charge on any atom is 0.271 e. The fraction of sp³-hybridized carbons (Fsp3) is 0.556. The highest BCUT2D eigenvalue weighted by Crippen LogP contribution is 2.23. The van der Waals surface area contributed by atoms with Crippen molar-refractivity contribution in [3.63, 3.8) is 0 Å². The molecular formula is C9H13N5OS. The molecule has 0 saturated heterocycles. The second-order valence-electron chi connectivity index (χ2n) is 3.58. The molecule has 6 nitrogen and oxygen atoms in total. The van der Waals surface area contributed by atoms with E-state index in [2.05, 4.69) is 19.7 Å². The van der Waals surface area contributed by atoms with Gasteiger partial charge in [0.25, 0.3) is 5.89 Å². The maximum absolute atomic E-state index is 5.82. The minimum atomic E-state index is 0.0751. The lowest BCUT2D eigenvalue weighted by Gasteiger charge is -2.02. The molecule has 0 bridgehead atoms. The van der Waals surface area contributed by atoms with Crippen molar-refractivity contribution in [2.75, 3.05) is 0 Å². The third kappa shape index (κ3) is 2.25. The molecule has 0 spiro atoms. The molecule has 2 aromatic heterocycles. The Morgan fingerprint density at radius 3 is 2.94 bits per heavy atom. The Morgan fingerprint density at radius 1 is 1.50 bits per heavy atom. The van der Waals surface area contributed by atoms with Gasteiger partial charge >= 0.3 is 0 Å². The van der Waals surface area contributed by atoms with Crippen LogP contribution in [-0.2, 0) is 6.42 Å². The Morgan fingerprint density at radius 2 is 2.31 bits per heavy atom. The molecule has 2 heterocycles. The zero-order chi connectivity index (χ0) is 11.5. The molecule has 0 amide bonds. The molecule has 0 aromatic carbocycles. The monoisotopic (exact) mass is 239 g/mol. The summed E-state index contributed by atoms with van der Waals surface area (Å²) < 4.78 is 8.97. The molecule has 2 N–H and O–H groups in total. The van der Waals surface area contributed by atoms with Crippen LogP contribution in [-0.4, -0.2) is 25.8 Å². The van der Waals surface area contributed by atoms with Crippen LogP contribution in [0.25, 0.3) is 10.8 Å². The Hall–Kier alpha value is -1.34. The Bertz CT molecular complexity index is 466. The Labute approximate surface area is 97.0 Å². The number of rotatable bonds is 4. The molecule has 0 saturated carbocycles. The molecule has 2 rings (SSSR count). The van der Waals surface area contributed by atoms with Gasteiger partial charge in [-0.25, -0.2) is 0 Å². The minimum absolute atomic E-state index is 0.0751. The van der Waals surface area contributed by atoms with Crippen molar-refractivity contribution in [2.45, 2.75) is 32.7 Å². The van der Waals surface area contributed by atoms with Gasteiger partial charge in [-0.1, -0.05) is 16.6 Å². The van der Waals surface area contributed by atoms with Crippen LogP contribution in [0, 0.1) is 6.92 Å². The summed E-state index contributed by atoms with van der Waals surface area (Å²) in [6.45, 7) is 3.89. The minimum Gasteiger partial charge on any atom is -0.333 e. The number of hydrogen-bond acceptors (Lipinski definition) is 7.